The van der Waals surface area contributed by atoms with E-state index >= 15 is 0 Å². The summed E-state index contributed by atoms with van der Waals surface area (Å²) in [4.78, 5) is 11.1. The summed E-state index contributed by atoms with van der Waals surface area (Å²) in [5.41, 5.74) is 1.23. The summed E-state index contributed by atoms with van der Waals surface area (Å²) >= 11 is 0. The van der Waals surface area contributed by atoms with Gasteiger partial charge in [-0.1, -0.05) is 25.0 Å². The maximum atomic E-state index is 11.1. The standard InChI is InChI=1S/C24H37NO3/c1-18(25-19(2)26)4-3-5-20-8-12-23(13-9-20)28-17-22-10-14-24(15-11-22)27-16-21-6-7-21/h10-11,14-15,18,20-21,23H,3-9,12-13,16-17H2,1-2H3,(H,25,26)/t18-,20?,23?/m0/s1. The van der Waals surface area contributed by atoms with Gasteiger partial charge in [0.25, 0.3) is 0 Å². The second kappa shape index (κ2) is 10.8. The Balaban J connectivity index is 1.26. The lowest BCUT2D eigenvalue weighted by Crippen LogP contribution is -2.30. The first-order valence-electron chi connectivity index (χ1n) is 11.2. The minimum atomic E-state index is 0.0746. The summed E-state index contributed by atoms with van der Waals surface area (Å²) in [6, 6.07) is 8.69. The van der Waals surface area contributed by atoms with Gasteiger partial charge in [-0.2, -0.15) is 0 Å². The SMILES string of the molecule is CC(=O)N[C@@H](C)CCCC1CCC(OCc2ccc(OCC3CC3)cc2)CC1. The predicted molar refractivity (Wildman–Crippen MR) is 112 cm³/mol. The minimum absolute atomic E-state index is 0.0746. The van der Waals surface area contributed by atoms with Crippen molar-refractivity contribution in [1.29, 1.82) is 0 Å². The Labute approximate surface area is 170 Å². The van der Waals surface area contributed by atoms with Crippen LogP contribution in [0, 0.1) is 11.8 Å². The van der Waals surface area contributed by atoms with E-state index in [-0.39, 0.29) is 5.91 Å². The number of carbonyl (C=O) groups excluding carboxylic acids is 1. The summed E-state index contributed by atoms with van der Waals surface area (Å²) in [6.07, 6.45) is 11.5. The van der Waals surface area contributed by atoms with Crippen LogP contribution in [0.2, 0.25) is 0 Å². The van der Waals surface area contributed by atoms with Crippen LogP contribution in [0.1, 0.15) is 77.2 Å². The van der Waals surface area contributed by atoms with Gasteiger partial charge in [0, 0.05) is 13.0 Å². The van der Waals surface area contributed by atoms with Crippen LogP contribution in [0.25, 0.3) is 0 Å². The summed E-state index contributed by atoms with van der Waals surface area (Å²) in [7, 11) is 0. The molecule has 1 amide bonds. The number of carbonyl (C=O) groups is 1. The Kier molecular flexibility index (Phi) is 8.20. The van der Waals surface area contributed by atoms with Crippen molar-refractivity contribution < 1.29 is 14.3 Å². The molecule has 2 aliphatic carbocycles. The Morgan fingerprint density at radius 1 is 1.07 bits per heavy atom. The Bertz CT molecular complexity index is 588. The first-order chi connectivity index (χ1) is 13.6. The molecule has 0 aromatic heterocycles. The molecule has 0 radical (unpaired) electrons. The fourth-order valence-corrected chi connectivity index (χ4v) is 4.11. The van der Waals surface area contributed by atoms with E-state index in [1.54, 1.807) is 6.92 Å². The van der Waals surface area contributed by atoms with Crippen LogP contribution in [0.5, 0.6) is 5.75 Å². The third-order valence-electron chi connectivity index (χ3n) is 6.08. The topological polar surface area (TPSA) is 47.6 Å². The van der Waals surface area contributed by atoms with Crippen molar-refractivity contribution in [2.45, 2.75) is 90.4 Å². The quantitative estimate of drug-likeness (QED) is 0.564. The molecular formula is C24H37NO3. The zero-order valence-electron chi connectivity index (χ0n) is 17.6. The Morgan fingerprint density at radius 2 is 1.75 bits per heavy atom. The molecule has 0 unspecified atom stereocenters. The highest BCUT2D eigenvalue weighted by atomic mass is 16.5. The van der Waals surface area contributed by atoms with Crippen LogP contribution in [0.3, 0.4) is 0 Å². The first-order valence-corrected chi connectivity index (χ1v) is 11.2. The number of hydrogen-bond donors (Lipinski definition) is 1. The number of hydrogen-bond acceptors (Lipinski definition) is 3. The van der Waals surface area contributed by atoms with Crippen LogP contribution in [0.15, 0.2) is 24.3 Å². The van der Waals surface area contributed by atoms with Crippen molar-refractivity contribution in [3.63, 3.8) is 0 Å². The number of rotatable bonds is 11. The number of ether oxygens (including phenoxy) is 2. The molecule has 2 fully saturated rings. The largest absolute Gasteiger partial charge is 0.493 e. The van der Waals surface area contributed by atoms with Gasteiger partial charge in [-0.05, 0) is 81.4 Å². The van der Waals surface area contributed by atoms with Crippen molar-refractivity contribution in [2.24, 2.45) is 11.8 Å². The molecule has 0 saturated heterocycles. The third kappa shape index (κ3) is 7.83. The van der Waals surface area contributed by atoms with Crippen LogP contribution >= 0.6 is 0 Å². The molecule has 2 aliphatic rings. The highest BCUT2D eigenvalue weighted by Gasteiger charge is 2.22. The highest BCUT2D eigenvalue weighted by Crippen LogP contribution is 2.31. The average molecular weight is 388 g/mol. The van der Waals surface area contributed by atoms with Gasteiger partial charge >= 0.3 is 0 Å². The van der Waals surface area contributed by atoms with Crippen LogP contribution in [-0.2, 0) is 16.1 Å². The summed E-state index contributed by atoms with van der Waals surface area (Å²) < 4.78 is 12.0. The van der Waals surface area contributed by atoms with Gasteiger partial charge in [0.1, 0.15) is 5.75 Å². The molecule has 3 rings (SSSR count). The zero-order valence-corrected chi connectivity index (χ0v) is 17.6. The van der Waals surface area contributed by atoms with Crippen LogP contribution in [0.4, 0.5) is 0 Å². The lowest BCUT2D eigenvalue weighted by Gasteiger charge is -2.29. The van der Waals surface area contributed by atoms with Gasteiger partial charge in [-0.25, -0.2) is 0 Å². The van der Waals surface area contributed by atoms with Gasteiger partial charge in [-0.15, -0.1) is 0 Å². The van der Waals surface area contributed by atoms with E-state index in [1.165, 1.54) is 56.9 Å². The van der Waals surface area contributed by atoms with E-state index in [1.807, 2.05) is 0 Å². The maximum absolute atomic E-state index is 11.1. The summed E-state index contributed by atoms with van der Waals surface area (Å²) in [6.45, 7) is 5.25. The second-order valence-corrected chi connectivity index (χ2v) is 8.88. The minimum Gasteiger partial charge on any atom is -0.493 e. The zero-order chi connectivity index (χ0) is 19.8. The van der Waals surface area contributed by atoms with E-state index in [0.717, 1.165) is 30.6 Å². The van der Waals surface area contributed by atoms with Crippen molar-refractivity contribution in [1.82, 2.24) is 5.32 Å². The lowest BCUT2D eigenvalue weighted by molar-refractivity contribution is -0.119. The number of amides is 1. The van der Waals surface area contributed by atoms with Crippen molar-refractivity contribution >= 4 is 5.91 Å². The lowest BCUT2D eigenvalue weighted by atomic mass is 9.84. The molecule has 0 aliphatic heterocycles. The molecule has 4 heteroatoms. The van der Waals surface area contributed by atoms with E-state index in [2.05, 4.69) is 36.5 Å². The molecule has 28 heavy (non-hydrogen) atoms. The van der Waals surface area contributed by atoms with Gasteiger partial charge in [-0.3, -0.25) is 4.79 Å². The fraction of sp³-hybridized carbons (Fsp3) is 0.708. The third-order valence-corrected chi connectivity index (χ3v) is 6.08. The number of nitrogens with one attached hydrogen (secondary N) is 1. The van der Waals surface area contributed by atoms with Gasteiger partial charge in [0.2, 0.25) is 5.91 Å². The van der Waals surface area contributed by atoms with E-state index in [4.69, 9.17) is 9.47 Å². The average Bonchev–Trinajstić information content (AvgIpc) is 3.50. The highest BCUT2D eigenvalue weighted by molar-refractivity contribution is 5.73. The predicted octanol–water partition coefficient (Wildman–Crippen LogP) is 5.25. The molecule has 4 nitrogen and oxygen atoms in total. The second-order valence-electron chi connectivity index (χ2n) is 8.88. The molecule has 2 saturated carbocycles. The maximum Gasteiger partial charge on any atom is 0.217 e. The molecule has 0 bridgehead atoms. The Morgan fingerprint density at radius 3 is 2.39 bits per heavy atom. The molecule has 0 spiro atoms. The summed E-state index contributed by atoms with van der Waals surface area (Å²) in [5.74, 6) is 2.67. The fourth-order valence-electron chi connectivity index (χ4n) is 4.11. The summed E-state index contributed by atoms with van der Waals surface area (Å²) in [5, 5.41) is 2.97. The first kappa shape index (κ1) is 21.2. The molecule has 1 aromatic carbocycles. The van der Waals surface area contributed by atoms with Crippen molar-refractivity contribution in [3.8, 4) is 5.75 Å². The van der Waals surface area contributed by atoms with Gasteiger partial charge < -0.3 is 14.8 Å². The smallest absolute Gasteiger partial charge is 0.217 e. The molecule has 1 atom stereocenters. The van der Waals surface area contributed by atoms with Crippen LogP contribution in [-0.4, -0.2) is 24.7 Å². The van der Waals surface area contributed by atoms with Crippen molar-refractivity contribution in [2.75, 3.05) is 6.61 Å². The van der Waals surface area contributed by atoms with Crippen LogP contribution < -0.4 is 10.1 Å². The van der Waals surface area contributed by atoms with E-state index in [9.17, 15) is 4.79 Å². The van der Waals surface area contributed by atoms with Gasteiger partial charge in [0.15, 0.2) is 0 Å². The normalized spacial score (nSPS) is 23.2. The monoisotopic (exact) mass is 387 g/mol. The molecule has 0 heterocycles. The van der Waals surface area contributed by atoms with Gasteiger partial charge in [0.05, 0.1) is 19.3 Å². The molecule has 156 valence electrons. The van der Waals surface area contributed by atoms with E-state index in [0.29, 0.717) is 18.8 Å². The molecular weight excluding hydrogens is 350 g/mol. The number of benzene rings is 1. The van der Waals surface area contributed by atoms with E-state index < -0.39 is 0 Å². The molecule has 1 aromatic rings. The molecule has 1 N–H and O–H groups in total. The Hall–Kier alpha value is -1.55. The van der Waals surface area contributed by atoms with Crippen molar-refractivity contribution in [3.05, 3.63) is 29.8 Å².